The summed E-state index contributed by atoms with van der Waals surface area (Å²) in [5, 5.41) is 17.1. The van der Waals surface area contributed by atoms with Gasteiger partial charge in [-0.25, -0.2) is 14.5 Å². The van der Waals surface area contributed by atoms with E-state index in [1.54, 1.807) is 11.3 Å². The first-order valence-electron chi connectivity index (χ1n) is 8.86. The maximum absolute atomic E-state index is 5.05. The van der Waals surface area contributed by atoms with Gasteiger partial charge in [-0.05, 0) is 32.9 Å². The topological polar surface area (TPSA) is 89.6 Å². The van der Waals surface area contributed by atoms with Gasteiger partial charge in [-0.1, -0.05) is 6.07 Å². The first-order valence-corrected chi connectivity index (χ1v) is 9.67. The van der Waals surface area contributed by atoms with Crippen molar-refractivity contribution in [3.05, 3.63) is 47.8 Å². The number of aromatic amines is 1. The third-order valence-electron chi connectivity index (χ3n) is 4.93. The molecule has 0 fully saturated rings. The number of hydrogen-bond acceptors (Lipinski definition) is 6. The summed E-state index contributed by atoms with van der Waals surface area (Å²) in [6, 6.07) is 6.05. The molecule has 28 heavy (non-hydrogen) atoms. The van der Waals surface area contributed by atoms with Crippen molar-refractivity contribution >= 4 is 16.9 Å². The van der Waals surface area contributed by atoms with Crippen LogP contribution in [0.3, 0.4) is 0 Å². The number of thiazole rings is 1. The zero-order chi connectivity index (χ0) is 19.4. The van der Waals surface area contributed by atoms with E-state index in [0.29, 0.717) is 5.82 Å². The Morgan fingerprint density at radius 3 is 2.57 bits per heavy atom. The molecule has 5 rings (SSSR count). The third kappa shape index (κ3) is 2.40. The average Bonchev–Trinajstić information content (AvgIpc) is 3.41. The van der Waals surface area contributed by atoms with Crippen molar-refractivity contribution in [3.63, 3.8) is 0 Å². The molecule has 0 aromatic carbocycles. The number of H-pyrrole nitrogens is 1. The molecular weight excluding hydrogens is 372 g/mol. The summed E-state index contributed by atoms with van der Waals surface area (Å²) in [7, 11) is 1.95. The normalized spacial score (nSPS) is 11.6. The van der Waals surface area contributed by atoms with Gasteiger partial charge >= 0.3 is 0 Å². The van der Waals surface area contributed by atoms with Crippen LogP contribution in [0.1, 0.15) is 17.1 Å². The number of hydrogen-bond donors (Lipinski definition) is 1. The molecule has 0 aliphatic heterocycles. The first-order chi connectivity index (χ1) is 13.5. The van der Waals surface area contributed by atoms with Crippen molar-refractivity contribution in [1.82, 2.24) is 39.6 Å². The smallest absolute Gasteiger partial charge is 0.167 e. The number of aromatic nitrogens is 8. The van der Waals surface area contributed by atoms with Gasteiger partial charge in [0.25, 0.3) is 0 Å². The third-order valence-corrected chi connectivity index (χ3v) is 6.01. The summed E-state index contributed by atoms with van der Waals surface area (Å²) in [5.74, 6) is 0.704. The Hall–Kier alpha value is -3.33. The van der Waals surface area contributed by atoms with E-state index in [0.717, 1.165) is 49.3 Å². The van der Waals surface area contributed by atoms with Crippen LogP contribution in [0.15, 0.2) is 30.7 Å². The molecule has 1 N–H and O–H groups in total. The van der Waals surface area contributed by atoms with Crippen molar-refractivity contribution in [2.75, 3.05) is 0 Å². The molecule has 0 atom stereocenters. The quantitative estimate of drug-likeness (QED) is 0.509. The van der Waals surface area contributed by atoms with E-state index in [9.17, 15) is 0 Å². The fourth-order valence-corrected chi connectivity index (χ4v) is 4.69. The molecule has 140 valence electrons. The van der Waals surface area contributed by atoms with Crippen LogP contribution in [-0.2, 0) is 7.05 Å². The molecule has 5 aromatic heterocycles. The lowest BCUT2D eigenvalue weighted by Gasteiger charge is -2.01. The van der Waals surface area contributed by atoms with Gasteiger partial charge in [0, 0.05) is 24.5 Å². The lowest BCUT2D eigenvalue weighted by Crippen LogP contribution is -1.93. The minimum atomic E-state index is 0.704. The highest BCUT2D eigenvalue weighted by Gasteiger charge is 2.25. The molecule has 5 aromatic rings. The summed E-state index contributed by atoms with van der Waals surface area (Å²) in [5.41, 5.74) is 6.91. The number of aryl methyl sites for hydroxylation is 3. The summed E-state index contributed by atoms with van der Waals surface area (Å²) in [6.45, 7) is 6.07. The van der Waals surface area contributed by atoms with E-state index in [4.69, 9.17) is 4.98 Å². The molecule has 0 radical (unpaired) electrons. The second kappa shape index (κ2) is 6.10. The molecule has 0 saturated heterocycles. The molecule has 5 heterocycles. The van der Waals surface area contributed by atoms with E-state index < -0.39 is 0 Å². The summed E-state index contributed by atoms with van der Waals surface area (Å²) < 4.78 is 3.77. The fraction of sp³-hybridized carbons (Fsp3) is 0.211. The van der Waals surface area contributed by atoms with Crippen LogP contribution in [0.25, 0.3) is 38.0 Å². The summed E-state index contributed by atoms with van der Waals surface area (Å²) in [4.78, 5) is 10.4. The SMILES string of the molecule is Cc1nn(C)c(C)c1-c1nc(-c2c(C)nn3ccccc23)sc1-c1ncn[nH]1. The molecule has 9 heteroatoms. The van der Waals surface area contributed by atoms with Gasteiger partial charge < -0.3 is 0 Å². The number of rotatable bonds is 3. The zero-order valence-electron chi connectivity index (χ0n) is 15.9. The first kappa shape index (κ1) is 16.8. The van der Waals surface area contributed by atoms with Gasteiger partial charge in [-0.2, -0.15) is 15.3 Å². The van der Waals surface area contributed by atoms with Crippen LogP contribution in [0, 0.1) is 20.8 Å². The highest BCUT2D eigenvalue weighted by Crippen LogP contribution is 2.42. The number of nitrogens with one attached hydrogen (secondary N) is 1. The van der Waals surface area contributed by atoms with Crippen LogP contribution in [0.4, 0.5) is 0 Å². The molecule has 0 unspecified atom stereocenters. The van der Waals surface area contributed by atoms with E-state index in [2.05, 4.69) is 38.4 Å². The van der Waals surface area contributed by atoms with E-state index in [1.165, 1.54) is 6.33 Å². The second-order valence-electron chi connectivity index (χ2n) is 6.69. The van der Waals surface area contributed by atoms with Crippen LogP contribution in [0.5, 0.6) is 0 Å². The molecular formula is C19H18N8S. The van der Waals surface area contributed by atoms with Gasteiger partial charge in [0.2, 0.25) is 0 Å². The molecule has 0 saturated carbocycles. The largest absolute Gasteiger partial charge is 0.272 e. The Labute approximate surface area is 164 Å². The Morgan fingerprint density at radius 2 is 1.86 bits per heavy atom. The van der Waals surface area contributed by atoms with Crippen molar-refractivity contribution < 1.29 is 0 Å². The summed E-state index contributed by atoms with van der Waals surface area (Å²) >= 11 is 1.59. The maximum atomic E-state index is 5.05. The predicted octanol–water partition coefficient (Wildman–Crippen LogP) is 3.57. The second-order valence-corrected chi connectivity index (χ2v) is 7.69. The van der Waals surface area contributed by atoms with Gasteiger partial charge in [0.15, 0.2) is 5.82 Å². The molecule has 0 bridgehead atoms. The lowest BCUT2D eigenvalue weighted by atomic mass is 10.1. The number of pyridine rings is 1. The van der Waals surface area contributed by atoms with Gasteiger partial charge in [-0.3, -0.25) is 9.78 Å². The highest BCUT2D eigenvalue weighted by atomic mass is 32.1. The van der Waals surface area contributed by atoms with E-state index in [1.807, 2.05) is 48.4 Å². The molecule has 0 amide bonds. The fourth-order valence-electron chi connectivity index (χ4n) is 3.57. The van der Waals surface area contributed by atoms with Crippen molar-refractivity contribution in [2.45, 2.75) is 20.8 Å². The lowest BCUT2D eigenvalue weighted by molar-refractivity contribution is 0.731. The number of fused-ring (bicyclic) bond motifs is 1. The maximum Gasteiger partial charge on any atom is 0.167 e. The van der Waals surface area contributed by atoms with Crippen LogP contribution >= 0.6 is 11.3 Å². The minimum absolute atomic E-state index is 0.704. The minimum Gasteiger partial charge on any atom is -0.272 e. The Bertz CT molecular complexity index is 1310. The van der Waals surface area contributed by atoms with Crippen LogP contribution in [-0.4, -0.2) is 39.6 Å². The average molecular weight is 390 g/mol. The Morgan fingerprint density at radius 1 is 1.04 bits per heavy atom. The van der Waals surface area contributed by atoms with Crippen LogP contribution < -0.4 is 0 Å². The molecule has 0 aliphatic rings. The molecule has 0 spiro atoms. The van der Waals surface area contributed by atoms with Crippen molar-refractivity contribution in [2.24, 2.45) is 7.05 Å². The van der Waals surface area contributed by atoms with Crippen molar-refractivity contribution in [3.8, 4) is 32.5 Å². The molecule has 0 aliphatic carbocycles. The zero-order valence-corrected chi connectivity index (χ0v) is 16.7. The van der Waals surface area contributed by atoms with Crippen LogP contribution in [0.2, 0.25) is 0 Å². The Balaban J connectivity index is 1.81. The molecule has 8 nitrogen and oxygen atoms in total. The highest BCUT2D eigenvalue weighted by molar-refractivity contribution is 7.19. The number of nitrogens with zero attached hydrogens (tertiary/aromatic N) is 7. The van der Waals surface area contributed by atoms with Gasteiger partial charge in [0.1, 0.15) is 11.3 Å². The van der Waals surface area contributed by atoms with Crippen molar-refractivity contribution in [1.29, 1.82) is 0 Å². The van der Waals surface area contributed by atoms with E-state index in [-0.39, 0.29) is 0 Å². The van der Waals surface area contributed by atoms with Gasteiger partial charge in [0.05, 0.1) is 33.0 Å². The predicted molar refractivity (Wildman–Crippen MR) is 108 cm³/mol. The van der Waals surface area contributed by atoms with Gasteiger partial charge in [-0.15, -0.1) is 11.3 Å². The Kier molecular flexibility index (Phi) is 3.66. The van der Waals surface area contributed by atoms with E-state index >= 15 is 0 Å². The standard InChI is InChI=1S/C19H18N8S/c1-10-14(12(3)26(4)24-10)16-17(18-20-9-21-23-18)28-19(22-16)15-11(2)25-27-8-6-5-7-13(15)27/h5-9H,1-4H3,(H,20,21,23). The summed E-state index contributed by atoms with van der Waals surface area (Å²) in [6.07, 6.45) is 3.47. The monoisotopic (exact) mass is 390 g/mol.